The molecule has 140 valence electrons. The van der Waals surface area contributed by atoms with Crippen molar-refractivity contribution in [3.63, 3.8) is 0 Å². The second-order valence-corrected chi connectivity index (χ2v) is 6.42. The predicted octanol–water partition coefficient (Wildman–Crippen LogP) is 6.02. The summed E-state index contributed by atoms with van der Waals surface area (Å²) in [5, 5.41) is 8.92. The number of nitrogens with zero attached hydrogens (tertiary/aromatic N) is 2. The maximum Gasteiger partial charge on any atom is 0.148 e. The van der Waals surface area contributed by atoms with Gasteiger partial charge >= 0.3 is 0 Å². The van der Waals surface area contributed by atoms with Gasteiger partial charge in [0.15, 0.2) is 0 Å². The van der Waals surface area contributed by atoms with Gasteiger partial charge in [0, 0.05) is 5.56 Å². The van der Waals surface area contributed by atoms with Gasteiger partial charge in [-0.1, -0.05) is 72.7 Å². The van der Waals surface area contributed by atoms with Crippen LogP contribution in [0.25, 0.3) is 10.8 Å². The number of hydrazone groups is 1. The Morgan fingerprint density at radius 3 is 2.07 bits per heavy atom. The largest absolute Gasteiger partial charge is 0.480 e. The van der Waals surface area contributed by atoms with E-state index in [0.717, 1.165) is 27.7 Å². The predicted molar refractivity (Wildman–Crippen MR) is 121 cm³/mol. The lowest BCUT2D eigenvalue weighted by Crippen LogP contribution is -2.09. The molecule has 0 fully saturated rings. The highest BCUT2D eigenvalue weighted by molar-refractivity contribution is 6.02. The topological polar surface area (TPSA) is 24.8 Å². The molecule has 0 N–H and O–H groups in total. The van der Waals surface area contributed by atoms with Crippen molar-refractivity contribution in [2.75, 3.05) is 11.6 Å². The van der Waals surface area contributed by atoms with Gasteiger partial charge in [0.1, 0.15) is 12.4 Å². The Balaban J connectivity index is 1.81. The summed E-state index contributed by atoms with van der Waals surface area (Å²) in [6.45, 7) is 0.209. The van der Waals surface area contributed by atoms with Gasteiger partial charge in [-0.25, -0.2) is 5.01 Å². The minimum absolute atomic E-state index is 0.209. The van der Waals surface area contributed by atoms with E-state index >= 15 is 0 Å². The van der Waals surface area contributed by atoms with Crippen LogP contribution < -0.4 is 9.75 Å². The van der Waals surface area contributed by atoms with E-state index in [0.29, 0.717) is 5.75 Å². The van der Waals surface area contributed by atoms with Crippen LogP contribution in [0, 0.1) is 12.3 Å². The molecule has 0 atom stereocenters. The van der Waals surface area contributed by atoms with Crippen molar-refractivity contribution in [2.45, 2.75) is 0 Å². The summed E-state index contributed by atoms with van der Waals surface area (Å²) in [5.74, 6) is 3.25. The number of hydrogen-bond acceptors (Lipinski definition) is 3. The molecule has 0 aromatic heterocycles. The van der Waals surface area contributed by atoms with E-state index < -0.39 is 0 Å². The number of rotatable bonds is 6. The molecule has 0 aliphatic heterocycles. The molecule has 4 aromatic carbocycles. The van der Waals surface area contributed by atoms with E-state index in [1.54, 1.807) is 0 Å². The number of fused-ring (bicyclic) bond motifs is 1. The first kappa shape index (κ1) is 18.3. The standard InChI is InChI=1S/C26H20N2O/c1-2-19-29-26-18-17-21-11-9-10-16-24(21)25(26)20-27-28(22-12-5-3-6-13-22)23-14-7-4-8-15-23/h1,3-18,20H,19H2/b27-20-. The molecule has 0 heterocycles. The van der Waals surface area contributed by atoms with E-state index in [9.17, 15) is 0 Å². The number of ether oxygens (including phenoxy) is 1. The Labute approximate surface area is 170 Å². The third-order valence-electron chi connectivity index (χ3n) is 4.55. The van der Waals surface area contributed by atoms with E-state index in [1.807, 2.05) is 96.2 Å². The zero-order chi connectivity index (χ0) is 19.9. The fourth-order valence-electron chi connectivity index (χ4n) is 3.19. The molecule has 0 bridgehead atoms. The zero-order valence-electron chi connectivity index (χ0n) is 15.9. The van der Waals surface area contributed by atoms with Crippen LogP contribution in [0.4, 0.5) is 11.4 Å². The summed E-state index contributed by atoms with van der Waals surface area (Å²) < 4.78 is 5.79. The average Bonchev–Trinajstić information content (AvgIpc) is 2.79. The minimum Gasteiger partial charge on any atom is -0.480 e. The molecule has 0 saturated carbocycles. The monoisotopic (exact) mass is 376 g/mol. The first-order valence-corrected chi connectivity index (χ1v) is 9.39. The van der Waals surface area contributed by atoms with Gasteiger partial charge in [0.05, 0.1) is 17.6 Å². The SMILES string of the molecule is C#CCOc1ccc2ccccc2c1/C=N\N(c1ccccc1)c1ccccc1. The fourth-order valence-corrected chi connectivity index (χ4v) is 3.19. The summed E-state index contributed by atoms with van der Waals surface area (Å²) in [6, 6.07) is 32.3. The van der Waals surface area contributed by atoms with Crippen molar-refractivity contribution in [2.24, 2.45) is 5.10 Å². The van der Waals surface area contributed by atoms with Crippen LogP contribution >= 0.6 is 0 Å². The second-order valence-electron chi connectivity index (χ2n) is 6.42. The van der Waals surface area contributed by atoms with Crippen molar-refractivity contribution in [3.8, 4) is 18.1 Å². The molecule has 4 rings (SSSR count). The minimum atomic E-state index is 0.209. The van der Waals surface area contributed by atoms with Gasteiger partial charge in [-0.3, -0.25) is 0 Å². The molecule has 3 heteroatoms. The van der Waals surface area contributed by atoms with Crippen molar-refractivity contribution in [3.05, 3.63) is 103 Å². The van der Waals surface area contributed by atoms with Crippen molar-refractivity contribution >= 4 is 28.4 Å². The lowest BCUT2D eigenvalue weighted by atomic mass is 10.0. The Morgan fingerprint density at radius 1 is 0.793 bits per heavy atom. The first-order valence-electron chi connectivity index (χ1n) is 9.39. The van der Waals surface area contributed by atoms with Gasteiger partial charge in [0.25, 0.3) is 0 Å². The van der Waals surface area contributed by atoms with Crippen LogP contribution in [0.15, 0.2) is 102 Å². The molecule has 0 aliphatic rings. The maximum absolute atomic E-state index is 5.79. The highest BCUT2D eigenvalue weighted by atomic mass is 16.5. The third-order valence-corrected chi connectivity index (χ3v) is 4.55. The van der Waals surface area contributed by atoms with Gasteiger partial charge in [-0.15, -0.1) is 6.42 Å². The normalized spacial score (nSPS) is 10.7. The molecule has 29 heavy (non-hydrogen) atoms. The van der Waals surface area contributed by atoms with Crippen LogP contribution in [-0.2, 0) is 0 Å². The third kappa shape index (κ3) is 4.12. The number of anilines is 2. The van der Waals surface area contributed by atoms with Crippen LogP contribution in [0.5, 0.6) is 5.75 Å². The smallest absolute Gasteiger partial charge is 0.148 e. The molecule has 0 unspecified atom stereocenters. The van der Waals surface area contributed by atoms with Crippen LogP contribution in [0.1, 0.15) is 5.56 Å². The number of terminal acetylenes is 1. The fraction of sp³-hybridized carbons (Fsp3) is 0.0385. The molecule has 3 nitrogen and oxygen atoms in total. The molecule has 0 amide bonds. The Hall–Kier alpha value is -4.03. The number of para-hydroxylation sites is 2. The Bertz CT molecular complexity index is 1120. The van der Waals surface area contributed by atoms with Gasteiger partial charge in [0.2, 0.25) is 0 Å². The van der Waals surface area contributed by atoms with Crippen molar-refractivity contribution in [1.29, 1.82) is 0 Å². The molecule has 0 radical (unpaired) electrons. The van der Waals surface area contributed by atoms with Crippen molar-refractivity contribution in [1.82, 2.24) is 0 Å². The first-order chi connectivity index (χ1) is 14.4. The molecule has 0 saturated heterocycles. The average molecular weight is 376 g/mol. The molecular formula is C26H20N2O. The quantitative estimate of drug-likeness (QED) is 0.233. The highest BCUT2D eigenvalue weighted by Gasteiger charge is 2.10. The summed E-state index contributed by atoms with van der Waals surface area (Å²) in [4.78, 5) is 0. The second kappa shape index (κ2) is 8.77. The van der Waals surface area contributed by atoms with Gasteiger partial charge in [-0.05, 0) is 41.1 Å². The van der Waals surface area contributed by atoms with E-state index in [1.165, 1.54) is 0 Å². The molecule has 0 aliphatic carbocycles. The summed E-state index contributed by atoms with van der Waals surface area (Å²) in [6.07, 6.45) is 7.24. The van der Waals surface area contributed by atoms with Crippen LogP contribution in [0.3, 0.4) is 0 Å². The molecule has 0 spiro atoms. The highest BCUT2D eigenvalue weighted by Crippen LogP contribution is 2.29. The van der Waals surface area contributed by atoms with E-state index in [2.05, 4.69) is 18.1 Å². The molecule has 4 aromatic rings. The van der Waals surface area contributed by atoms with E-state index in [-0.39, 0.29) is 6.61 Å². The Kier molecular flexibility index (Phi) is 5.55. The lowest BCUT2D eigenvalue weighted by molar-refractivity contribution is 0.370. The maximum atomic E-state index is 5.79. The summed E-state index contributed by atoms with van der Waals surface area (Å²) >= 11 is 0. The van der Waals surface area contributed by atoms with Crippen molar-refractivity contribution < 1.29 is 4.74 Å². The number of benzene rings is 4. The summed E-state index contributed by atoms with van der Waals surface area (Å²) in [5.41, 5.74) is 2.85. The van der Waals surface area contributed by atoms with Crippen LogP contribution in [0.2, 0.25) is 0 Å². The Morgan fingerprint density at radius 2 is 1.41 bits per heavy atom. The van der Waals surface area contributed by atoms with Crippen LogP contribution in [-0.4, -0.2) is 12.8 Å². The zero-order valence-corrected chi connectivity index (χ0v) is 15.9. The summed E-state index contributed by atoms with van der Waals surface area (Å²) in [7, 11) is 0. The number of hydrogen-bond donors (Lipinski definition) is 0. The van der Waals surface area contributed by atoms with Gasteiger partial charge < -0.3 is 4.74 Å². The molecular weight excluding hydrogens is 356 g/mol. The lowest BCUT2D eigenvalue weighted by Gasteiger charge is -2.19. The van der Waals surface area contributed by atoms with E-state index in [4.69, 9.17) is 16.3 Å². The van der Waals surface area contributed by atoms with Gasteiger partial charge in [-0.2, -0.15) is 5.10 Å².